The summed E-state index contributed by atoms with van der Waals surface area (Å²) in [7, 11) is 0. The van der Waals surface area contributed by atoms with Crippen molar-refractivity contribution >= 4 is 27.8 Å². The average molecular weight is 352 g/mol. The van der Waals surface area contributed by atoms with Gasteiger partial charge in [-0.3, -0.25) is 9.59 Å². The molecule has 112 valence electrons. The Morgan fingerprint density at radius 3 is 2.62 bits per heavy atom. The quantitative estimate of drug-likeness (QED) is 0.910. The minimum Gasteiger partial charge on any atom is -0.481 e. The van der Waals surface area contributed by atoms with E-state index < -0.39 is 11.9 Å². The molecule has 0 aromatic heterocycles. The van der Waals surface area contributed by atoms with Gasteiger partial charge in [-0.25, -0.2) is 0 Å². The Bertz CT molecular complexity index is 557. The van der Waals surface area contributed by atoms with Gasteiger partial charge in [-0.2, -0.15) is 0 Å². The van der Waals surface area contributed by atoms with Crippen LogP contribution in [0.1, 0.15) is 30.7 Å². The van der Waals surface area contributed by atoms with Crippen LogP contribution in [0.4, 0.5) is 0 Å². The SMILES string of the molecule is O=C(O)[C@@H]1CCCN(C(=O)[C@@H]2C[C@H]2c2ccc(Br)cc2)C1. The largest absolute Gasteiger partial charge is 0.481 e. The third-order valence-corrected chi connectivity index (χ3v) is 5.02. The Balaban J connectivity index is 1.62. The Morgan fingerprint density at radius 2 is 1.95 bits per heavy atom. The summed E-state index contributed by atoms with van der Waals surface area (Å²) in [6.07, 6.45) is 2.35. The van der Waals surface area contributed by atoms with E-state index >= 15 is 0 Å². The third kappa shape index (κ3) is 3.12. The summed E-state index contributed by atoms with van der Waals surface area (Å²) in [5, 5.41) is 9.11. The molecule has 1 aromatic rings. The summed E-state index contributed by atoms with van der Waals surface area (Å²) in [6.45, 7) is 1.07. The predicted molar refractivity (Wildman–Crippen MR) is 81.9 cm³/mol. The second kappa shape index (κ2) is 5.79. The lowest BCUT2D eigenvalue weighted by Gasteiger charge is -2.31. The van der Waals surface area contributed by atoms with Crippen LogP contribution >= 0.6 is 15.9 Å². The maximum Gasteiger partial charge on any atom is 0.308 e. The number of amides is 1. The zero-order valence-corrected chi connectivity index (χ0v) is 13.3. The Labute approximate surface area is 132 Å². The normalized spacial score (nSPS) is 28.2. The van der Waals surface area contributed by atoms with Gasteiger partial charge in [0, 0.05) is 23.5 Å². The van der Waals surface area contributed by atoms with E-state index in [0.717, 1.165) is 17.3 Å². The number of hydrogen-bond acceptors (Lipinski definition) is 2. The molecular formula is C16H18BrNO3. The molecule has 0 unspecified atom stereocenters. The van der Waals surface area contributed by atoms with Gasteiger partial charge in [0.05, 0.1) is 5.92 Å². The smallest absolute Gasteiger partial charge is 0.308 e. The molecule has 5 heteroatoms. The van der Waals surface area contributed by atoms with E-state index in [9.17, 15) is 9.59 Å². The molecule has 1 N–H and O–H groups in total. The molecule has 4 nitrogen and oxygen atoms in total. The van der Waals surface area contributed by atoms with E-state index in [1.807, 2.05) is 12.1 Å². The second-order valence-corrected chi connectivity index (χ2v) is 6.88. The van der Waals surface area contributed by atoms with Crippen LogP contribution in [0, 0.1) is 11.8 Å². The number of hydrogen-bond donors (Lipinski definition) is 1. The Kier molecular flexibility index (Phi) is 4.02. The first kappa shape index (κ1) is 14.6. The van der Waals surface area contributed by atoms with E-state index in [-0.39, 0.29) is 11.8 Å². The van der Waals surface area contributed by atoms with E-state index in [2.05, 4.69) is 28.1 Å². The van der Waals surface area contributed by atoms with Crippen molar-refractivity contribution in [3.05, 3.63) is 34.3 Å². The molecule has 2 fully saturated rings. The molecule has 1 saturated carbocycles. The van der Waals surface area contributed by atoms with Crippen LogP contribution in [0.3, 0.4) is 0 Å². The molecule has 3 atom stereocenters. The first-order valence-corrected chi connectivity index (χ1v) is 8.12. The van der Waals surface area contributed by atoms with Crippen LogP contribution in [0.5, 0.6) is 0 Å². The highest BCUT2D eigenvalue weighted by Gasteiger charge is 2.46. The maximum absolute atomic E-state index is 12.5. The second-order valence-electron chi connectivity index (χ2n) is 5.96. The van der Waals surface area contributed by atoms with Crippen molar-refractivity contribution in [2.24, 2.45) is 11.8 Å². The molecule has 0 radical (unpaired) electrons. The van der Waals surface area contributed by atoms with E-state index in [1.54, 1.807) is 4.90 Å². The van der Waals surface area contributed by atoms with Crippen molar-refractivity contribution in [1.29, 1.82) is 0 Å². The van der Waals surface area contributed by atoms with Gasteiger partial charge < -0.3 is 10.0 Å². The van der Waals surface area contributed by atoms with Crippen LogP contribution in [0.25, 0.3) is 0 Å². The predicted octanol–water partition coefficient (Wildman–Crippen LogP) is 2.88. The summed E-state index contributed by atoms with van der Waals surface area (Å²) in [6, 6.07) is 8.10. The fourth-order valence-corrected chi connectivity index (χ4v) is 3.42. The zero-order chi connectivity index (χ0) is 15.0. The Hall–Kier alpha value is -1.36. The first-order valence-electron chi connectivity index (χ1n) is 7.33. The van der Waals surface area contributed by atoms with E-state index in [0.29, 0.717) is 25.4 Å². The summed E-state index contributed by atoms with van der Waals surface area (Å²) in [5.74, 6) is -0.705. The van der Waals surface area contributed by atoms with Crippen LogP contribution in [0.2, 0.25) is 0 Å². The maximum atomic E-state index is 12.5. The van der Waals surface area contributed by atoms with Crippen LogP contribution in [-0.4, -0.2) is 35.0 Å². The molecule has 1 saturated heterocycles. The van der Waals surface area contributed by atoms with Gasteiger partial charge in [0.15, 0.2) is 0 Å². The van der Waals surface area contributed by atoms with Crippen molar-refractivity contribution < 1.29 is 14.7 Å². The molecule has 3 rings (SSSR count). The van der Waals surface area contributed by atoms with Crippen LogP contribution in [0.15, 0.2) is 28.7 Å². The number of nitrogens with zero attached hydrogens (tertiary/aromatic N) is 1. The number of carboxylic acids is 1. The van der Waals surface area contributed by atoms with Crippen molar-refractivity contribution in [3.63, 3.8) is 0 Å². The molecule has 0 bridgehead atoms. The number of aliphatic carboxylic acids is 1. The van der Waals surface area contributed by atoms with Gasteiger partial charge in [0.25, 0.3) is 0 Å². The van der Waals surface area contributed by atoms with Gasteiger partial charge in [0.1, 0.15) is 0 Å². The fraction of sp³-hybridized carbons (Fsp3) is 0.500. The highest BCUT2D eigenvalue weighted by Crippen LogP contribution is 2.48. The highest BCUT2D eigenvalue weighted by atomic mass is 79.9. The van der Waals surface area contributed by atoms with Gasteiger partial charge >= 0.3 is 5.97 Å². The summed E-state index contributed by atoms with van der Waals surface area (Å²) < 4.78 is 1.04. The van der Waals surface area contributed by atoms with Crippen LogP contribution in [-0.2, 0) is 9.59 Å². The van der Waals surface area contributed by atoms with E-state index in [1.165, 1.54) is 5.56 Å². The lowest BCUT2D eigenvalue weighted by atomic mass is 9.97. The number of halogens is 1. The number of carbonyl (C=O) groups is 2. The molecule has 1 aliphatic heterocycles. The molecular weight excluding hydrogens is 334 g/mol. The molecule has 0 spiro atoms. The van der Waals surface area contributed by atoms with Gasteiger partial charge in [-0.1, -0.05) is 28.1 Å². The highest BCUT2D eigenvalue weighted by molar-refractivity contribution is 9.10. The summed E-state index contributed by atoms with van der Waals surface area (Å²) >= 11 is 3.41. The molecule has 1 amide bonds. The number of piperidine rings is 1. The lowest BCUT2D eigenvalue weighted by Crippen LogP contribution is -2.43. The first-order chi connectivity index (χ1) is 10.1. The van der Waals surface area contributed by atoms with Gasteiger partial charge in [0.2, 0.25) is 5.91 Å². The monoisotopic (exact) mass is 351 g/mol. The summed E-state index contributed by atoms with van der Waals surface area (Å²) in [4.78, 5) is 25.3. The molecule has 1 aliphatic carbocycles. The van der Waals surface area contributed by atoms with Crippen molar-refractivity contribution in [1.82, 2.24) is 4.90 Å². The number of benzene rings is 1. The van der Waals surface area contributed by atoms with Crippen LogP contribution < -0.4 is 0 Å². The molecule has 1 aromatic carbocycles. The summed E-state index contributed by atoms with van der Waals surface area (Å²) in [5.41, 5.74) is 1.20. The molecule has 1 heterocycles. The third-order valence-electron chi connectivity index (χ3n) is 4.49. The number of likely N-dealkylation sites (tertiary alicyclic amines) is 1. The number of rotatable bonds is 3. The number of carboxylic acid groups (broad SMARTS) is 1. The van der Waals surface area contributed by atoms with E-state index in [4.69, 9.17) is 5.11 Å². The van der Waals surface area contributed by atoms with Gasteiger partial charge in [-0.15, -0.1) is 0 Å². The minimum atomic E-state index is -0.784. The standard InChI is InChI=1S/C16H18BrNO3/c17-12-5-3-10(4-6-12)13-8-14(13)15(19)18-7-1-2-11(9-18)16(20)21/h3-6,11,13-14H,1-2,7-9H2,(H,20,21)/t11-,13+,14-/m1/s1. The van der Waals surface area contributed by atoms with Gasteiger partial charge in [-0.05, 0) is 42.9 Å². The van der Waals surface area contributed by atoms with Crippen molar-refractivity contribution in [2.45, 2.75) is 25.2 Å². The average Bonchev–Trinajstić information content (AvgIpc) is 3.28. The lowest BCUT2D eigenvalue weighted by molar-refractivity contribution is -0.146. The molecule has 21 heavy (non-hydrogen) atoms. The molecule has 2 aliphatic rings. The zero-order valence-electron chi connectivity index (χ0n) is 11.7. The Morgan fingerprint density at radius 1 is 1.24 bits per heavy atom. The fourth-order valence-electron chi connectivity index (χ4n) is 3.16. The number of carbonyl (C=O) groups excluding carboxylic acids is 1. The van der Waals surface area contributed by atoms with Crippen molar-refractivity contribution in [2.75, 3.05) is 13.1 Å². The topological polar surface area (TPSA) is 57.6 Å². The minimum absolute atomic E-state index is 0.0405. The van der Waals surface area contributed by atoms with Crippen molar-refractivity contribution in [3.8, 4) is 0 Å².